The van der Waals surface area contributed by atoms with E-state index in [0.29, 0.717) is 19.1 Å². The molecule has 0 spiro atoms. The molecule has 154 valence electrons. The van der Waals surface area contributed by atoms with Crippen molar-refractivity contribution in [1.29, 1.82) is 0 Å². The quantitative estimate of drug-likeness (QED) is 0.671. The highest BCUT2D eigenvalue weighted by atomic mass is 16.5. The number of carbonyl (C=O) groups excluding carboxylic acids is 1. The third kappa shape index (κ3) is 5.04. The molecular formula is C22H34N4O2. The third-order valence-corrected chi connectivity index (χ3v) is 5.46. The maximum Gasteiger partial charge on any atom is 0.224 e. The van der Waals surface area contributed by atoms with Crippen LogP contribution in [0.15, 0.2) is 24.3 Å². The van der Waals surface area contributed by atoms with Crippen molar-refractivity contribution in [3.63, 3.8) is 0 Å². The van der Waals surface area contributed by atoms with E-state index in [1.54, 1.807) is 7.11 Å². The fourth-order valence-electron chi connectivity index (χ4n) is 3.86. The van der Waals surface area contributed by atoms with Crippen LogP contribution in [0.25, 0.3) is 11.0 Å². The maximum absolute atomic E-state index is 12.6. The Labute approximate surface area is 168 Å². The van der Waals surface area contributed by atoms with Gasteiger partial charge in [-0.15, -0.1) is 0 Å². The van der Waals surface area contributed by atoms with Crippen LogP contribution in [0.4, 0.5) is 5.95 Å². The number of ether oxygens (including phenoxy) is 1. The SMILES string of the molecule is COCCCNC(=O)[C@H]1CCCN(c2nc3ccccc3n2CCC(C)C)C1. The fraction of sp³-hybridized carbons (Fsp3) is 0.636. The molecule has 1 fully saturated rings. The molecule has 2 heterocycles. The molecule has 0 radical (unpaired) electrons. The molecule has 0 aliphatic carbocycles. The number of nitrogens with one attached hydrogen (secondary N) is 1. The number of aryl methyl sites for hydroxylation is 1. The highest BCUT2D eigenvalue weighted by molar-refractivity contribution is 5.81. The van der Waals surface area contributed by atoms with Gasteiger partial charge in [0.25, 0.3) is 0 Å². The number of imidazole rings is 1. The molecule has 3 rings (SSSR count). The molecule has 28 heavy (non-hydrogen) atoms. The Morgan fingerprint density at radius 1 is 1.36 bits per heavy atom. The predicted octanol–water partition coefficient (Wildman–Crippen LogP) is 3.45. The van der Waals surface area contributed by atoms with Crippen LogP contribution in [0.3, 0.4) is 0 Å². The van der Waals surface area contributed by atoms with Gasteiger partial charge in [0.15, 0.2) is 0 Å². The first-order chi connectivity index (χ1) is 13.6. The molecule has 1 amide bonds. The number of methoxy groups -OCH3 is 1. The molecule has 0 unspecified atom stereocenters. The lowest BCUT2D eigenvalue weighted by atomic mass is 9.97. The second-order valence-corrected chi connectivity index (χ2v) is 8.16. The molecule has 0 saturated carbocycles. The number of hydrogen-bond acceptors (Lipinski definition) is 4. The van der Waals surface area contributed by atoms with E-state index >= 15 is 0 Å². The summed E-state index contributed by atoms with van der Waals surface area (Å²) in [7, 11) is 1.69. The summed E-state index contributed by atoms with van der Waals surface area (Å²) in [6, 6.07) is 8.34. The van der Waals surface area contributed by atoms with Crippen molar-refractivity contribution >= 4 is 22.9 Å². The van der Waals surface area contributed by atoms with Gasteiger partial charge in [-0.05, 0) is 43.7 Å². The van der Waals surface area contributed by atoms with Gasteiger partial charge in [-0.2, -0.15) is 0 Å². The molecule has 6 nitrogen and oxygen atoms in total. The predicted molar refractivity (Wildman–Crippen MR) is 114 cm³/mol. The number of carbonyl (C=O) groups is 1. The smallest absolute Gasteiger partial charge is 0.224 e. The van der Waals surface area contributed by atoms with Gasteiger partial charge in [0.2, 0.25) is 11.9 Å². The summed E-state index contributed by atoms with van der Waals surface area (Å²) in [6.45, 7) is 8.51. The zero-order valence-corrected chi connectivity index (χ0v) is 17.5. The second-order valence-electron chi connectivity index (χ2n) is 8.16. The number of amides is 1. The standard InChI is InChI=1S/C22H34N4O2/c1-17(2)11-14-26-20-10-5-4-9-19(20)24-22(26)25-13-6-8-18(16-25)21(27)23-12-7-15-28-3/h4-5,9-10,17-18H,6-8,11-16H2,1-3H3,(H,23,27)/t18-/m0/s1. The number of fused-ring (bicyclic) bond motifs is 1. The Morgan fingerprint density at radius 3 is 2.96 bits per heavy atom. The van der Waals surface area contributed by atoms with Crippen LogP contribution >= 0.6 is 0 Å². The molecule has 1 aromatic heterocycles. The van der Waals surface area contributed by atoms with E-state index < -0.39 is 0 Å². The van der Waals surface area contributed by atoms with Crippen LogP contribution < -0.4 is 10.2 Å². The van der Waals surface area contributed by atoms with E-state index in [9.17, 15) is 4.79 Å². The summed E-state index contributed by atoms with van der Waals surface area (Å²) < 4.78 is 7.40. The lowest BCUT2D eigenvalue weighted by Crippen LogP contribution is -2.44. The van der Waals surface area contributed by atoms with Crippen LogP contribution in [0.5, 0.6) is 0 Å². The van der Waals surface area contributed by atoms with Gasteiger partial charge in [0, 0.05) is 39.9 Å². The second kappa shape index (κ2) is 9.92. The first-order valence-corrected chi connectivity index (χ1v) is 10.6. The van der Waals surface area contributed by atoms with Crippen molar-refractivity contribution in [2.45, 2.75) is 46.1 Å². The molecule has 1 aliphatic rings. The van der Waals surface area contributed by atoms with Crippen molar-refractivity contribution in [2.24, 2.45) is 11.8 Å². The monoisotopic (exact) mass is 386 g/mol. The maximum atomic E-state index is 12.6. The summed E-state index contributed by atoms with van der Waals surface area (Å²) in [4.78, 5) is 19.8. The summed E-state index contributed by atoms with van der Waals surface area (Å²) >= 11 is 0. The number of benzene rings is 1. The zero-order chi connectivity index (χ0) is 19.9. The van der Waals surface area contributed by atoms with Crippen LogP contribution in [0.2, 0.25) is 0 Å². The van der Waals surface area contributed by atoms with Crippen LogP contribution in [0, 0.1) is 11.8 Å². The number of para-hydroxylation sites is 2. The first-order valence-electron chi connectivity index (χ1n) is 10.6. The molecule has 6 heteroatoms. The minimum absolute atomic E-state index is 0.0228. The Balaban J connectivity index is 1.74. The van der Waals surface area contributed by atoms with E-state index in [0.717, 1.165) is 56.8 Å². The normalized spacial score (nSPS) is 17.4. The number of aromatic nitrogens is 2. The minimum atomic E-state index is 0.0228. The van der Waals surface area contributed by atoms with Gasteiger partial charge in [-0.1, -0.05) is 26.0 Å². The van der Waals surface area contributed by atoms with Gasteiger partial charge in [-0.3, -0.25) is 4.79 Å². The van der Waals surface area contributed by atoms with Crippen LogP contribution in [-0.4, -0.2) is 48.8 Å². The number of piperidine rings is 1. The van der Waals surface area contributed by atoms with E-state index in [-0.39, 0.29) is 11.8 Å². The summed E-state index contributed by atoms with van der Waals surface area (Å²) in [5.74, 6) is 1.83. The van der Waals surface area contributed by atoms with Gasteiger partial charge >= 0.3 is 0 Å². The van der Waals surface area contributed by atoms with Gasteiger partial charge < -0.3 is 19.5 Å². The largest absolute Gasteiger partial charge is 0.385 e. The Kier molecular flexibility index (Phi) is 7.31. The van der Waals surface area contributed by atoms with Crippen molar-refractivity contribution in [3.8, 4) is 0 Å². The average molecular weight is 387 g/mol. The van der Waals surface area contributed by atoms with E-state index in [1.165, 1.54) is 5.52 Å². The van der Waals surface area contributed by atoms with Crippen molar-refractivity contribution < 1.29 is 9.53 Å². The fourth-order valence-corrected chi connectivity index (χ4v) is 3.86. The molecule has 2 aromatic rings. The molecule has 1 atom stereocenters. The van der Waals surface area contributed by atoms with E-state index in [2.05, 4.69) is 46.8 Å². The van der Waals surface area contributed by atoms with Crippen molar-refractivity contribution in [3.05, 3.63) is 24.3 Å². The number of nitrogens with zero attached hydrogens (tertiary/aromatic N) is 3. The molecule has 1 N–H and O–H groups in total. The number of anilines is 1. The topological polar surface area (TPSA) is 59.4 Å². The Morgan fingerprint density at radius 2 is 2.18 bits per heavy atom. The van der Waals surface area contributed by atoms with Gasteiger partial charge in [0.05, 0.1) is 17.0 Å². The van der Waals surface area contributed by atoms with Gasteiger partial charge in [0.1, 0.15) is 0 Å². The molecule has 1 aromatic carbocycles. The van der Waals surface area contributed by atoms with Crippen LogP contribution in [0.1, 0.15) is 39.5 Å². The van der Waals surface area contributed by atoms with Crippen LogP contribution in [-0.2, 0) is 16.1 Å². The van der Waals surface area contributed by atoms with E-state index in [4.69, 9.17) is 9.72 Å². The molecular weight excluding hydrogens is 352 g/mol. The number of rotatable bonds is 9. The summed E-state index contributed by atoms with van der Waals surface area (Å²) in [5, 5.41) is 3.07. The summed E-state index contributed by atoms with van der Waals surface area (Å²) in [5.41, 5.74) is 2.22. The lowest BCUT2D eigenvalue weighted by molar-refractivity contribution is -0.125. The zero-order valence-electron chi connectivity index (χ0n) is 17.5. The van der Waals surface area contributed by atoms with Gasteiger partial charge in [-0.25, -0.2) is 4.98 Å². The molecule has 1 saturated heterocycles. The molecule has 0 bridgehead atoms. The highest BCUT2D eigenvalue weighted by Gasteiger charge is 2.28. The Hall–Kier alpha value is -2.08. The highest BCUT2D eigenvalue weighted by Crippen LogP contribution is 2.28. The lowest BCUT2D eigenvalue weighted by Gasteiger charge is -2.33. The first kappa shape index (κ1) is 20.6. The third-order valence-electron chi connectivity index (χ3n) is 5.46. The minimum Gasteiger partial charge on any atom is -0.385 e. The number of hydrogen-bond donors (Lipinski definition) is 1. The molecule has 1 aliphatic heterocycles. The van der Waals surface area contributed by atoms with E-state index in [1.807, 2.05) is 6.07 Å². The van der Waals surface area contributed by atoms with Crippen molar-refractivity contribution in [1.82, 2.24) is 14.9 Å². The Bertz CT molecular complexity index is 771. The summed E-state index contributed by atoms with van der Waals surface area (Å²) in [6.07, 6.45) is 3.93. The average Bonchev–Trinajstić information content (AvgIpc) is 3.08. The van der Waals surface area contributed by atoms with Crippen molar-refractivity contribution in [2.75, 3.05) is 38.3 Å².